The van der Waals surface area contributed by atoms with Gasteiger partial charge in [0.1, 0.15) is 12.7 Å². The topological polar surface area (TPSA) is 44.8 Å². The van der Waals surface area contributed by atoms with Crippen LogP contribution in [0.15, 0.2) is 0 Å². The first-order valence-electron chi connectivity index (χ1n) is 4.98. The zero-order chi connectivity index (χ0) is 12.6. The molecule has 0 aliphatic rings. The maximum Gasteiger partial charge on any atom is 0.508 e. The molecule has 0 spiro atoms. The number of hydrogen-bond acceptors (Lipinski definition) is 4. The molecule has 0 heterocycles. The van der Waals surface area contributed by atoms with Crippen molar-refractivity contribution in [1.29, 1.82) is 0 Å². The summed E-state index contributed by atoms with van der Waals surface area (Å²) in [6.07, 6.45) is -1.28. The Morgan fingerprint density at radius 2 is 1.94 bits per heavy atom. The van der Waals surface area contributed by atoms with Crippen LogP contribution in [0.25, 0.3) is 0 Å². The predicted octanol–water partition coefficient (Wildman–Crippen LogP) is 2.80. The summed E-state index contributed by atoms with van der Waals surface area (Å²) in [6, 6.07) is 0. The molecule has 0 saturated heterocycles. The fourth-order valence-corrected chi connectivity index (χ4v) is 0.974. The van der Waals surface area contributed by atoms with E-state index in [9.17, 15) is 4.79 Å². The molecule has 0 N–H and O–H groups in total. The van der Waals surface area contributed by atoms with Gasteiger partial charge in [-0.25, -0.2) is 4.79 Å². The Morgan fingerprint density at radius 1 is 1.31 bits per heavy atom. The Labute approximate surface area is 106 Å². The highest BCUT2D eigenvalue weighted by molar-refractivity contribution is 6.18. The van der Waals surface area contributed by atoms with E-state index in [-0.39, 0.29) is 30.6 Å². The van der Waals surface area contributed by atoms with E-state index in [0.29, 0.717) is 0 Å². The Bertz CT molecular complexity index is 203. The largest absolute Gasteiger partial charge is 0.508 e. The molecule has 0 aliphatic carbocycles. The summed E-state index contributed by atoms with van der Waals surface area (Å²) in [6.45, 7) is 6.08. The Morgan fingerprint density at radius 3 is 2.38 bits per heavy atom. The fraction of sp³-hybridized carbons (Fsp3) is 0.900. The average Bonchev–Trinajstić information content (AvgIpc) is 2.19. The first kappa shape index (κ1) is 15.8. The molecule has 0 fully saturated rings. The molecule has 0 bridgehead atoms. The molecule has 0 aromatic carbocycles. The first-order valence-corrected chi connectivity index (χ1v) is 6.05. The Hall–Kier alpha value is -0.190. The number of ether oxygens (including phenoxy) is 3. The van der Waals surface area contributed by atoms with Gasteiger partial charge in [0.25, 0.3) is 0 Å². The molecule has 0 saturated carbocycles. The number of alkyl halides is 2. The fourth-order valence-electron chi connectivity index (χ4n) is 0.745. The number of rotatable bonds is 6. The Balaban J connectivity index is 3.86. The second-order valence-electron chi connectivity index (χ2n) is 4.10. The lowest BCUT2D eigenvalue weighted by Gasteiger charge is -2.23. The Kier molecular flexibility index (Phi) is 7.89. The molecule has 0 aliphatic heterocycles. The van der Waals surface area contributed by atoms with Crippen LogP contribution in [0.1, 0.15) is 20.8 Å². The van der Waals surface area contributed by atoms with Crippen molar-refractivity contribution in [2.24, 2.45) is 0 Å². The molecule has 16 heavy (non-hydrogen) atoms. The molecule has 0 radical (unpaired) electrons. The smallest absolute Gasteiger partial charge is 0.433 e. The highest BCUT2D eigenvalue weighted by Crippen LogP contribution is 2.09. The van der Waals surface area contributed by atoms with Crippen LogP contribution in [0.4, 0.5) is 4.79 Å². The predicted molar refractivity (Wildman–Crippen MR) is 63.4 cm³/mol. The van der Waals surface area contributed by atoms with Gasteiger partial charge in [0.2, 0.25) is 0 Å². The zero-order valence-electron chi connectivity index (χ0n) is 9.79. The number of hydrogen-bond donors (Lipinski definition) is 0. The monoisotopic (exact) mass is 272 g/mol. The van der Waals surface area contributed by atoms with Crippen LogP contribution in [0.5, 0.6) is 0 Å². The van der Waals surface area contributed by atoms with Crippen molar-refractivity contribution in [3.8, 4) is 0 Å². The van der Waals surface area contributed by atoms with Gasteiger partial charge < -0.3 is 14.2 Å². The maximum absolute atomic E-state index is 11.1. The molecule has 0 aromatic rings. The van der Waals surface area contributed by atoms with Crippen LogP contribution in [0.2, 0.25) is 0 Å². The van der Waals surface area contributed by atoms with Crippen molar-refractivity contribution >= 4 is 29.4 Å². The molecule has 0 rings (SSSR count). The van der Waals surface area contributed by atoms with Gasteiger partial charge in [-0.2, -0.15) is 0 Å². The molecule has 96 valence electrons. The average molecular weight is 273 g/mol. The van der Waals surface area contributed by atoms with E-state index in [4.69, 9.17) is 32.7 Å². The van der Waals surface area contributed by atoms with Crippen molar-refractivity contribution in [3.05, 3.63) is 0 Å². The van der Waals surface area contributed by atoms with Gasteiger partial charge in [0.05, 0.1) is 24.0 Å². The van der Waals surface area contributed by atoms with Gasteiger partial charge in [0.15, 0.2) is 0 Å². The zero-order valence-corrected chi connectivity index (χ0v) is 11.3. The molecule has 0 amide bonds. The van der Waals surface area contributed by atoms with Crippen LogP contribution in [0, 0.1) is 0 Å². The van der Waals surface area contributed by atoms with Gasteiger partial charge >= 0.3 is 6.16 Å². The third kappa shape index (κ3) is 9.07. The first-order chi connectivity index (χ1) is 7.39. The number of carbonyl (C=O) groups excluding carboxylic acids is 1. The summed E-state index contributed by atoms with van der Waals surface area (Å²) in [7, 11) is 0. The lowest BCUT2D eigenvalue weighted by atomic mass is 10.2. The highest BCUT2D eigenvalue weighted by Gasteiger charge is 2.18. The van der Waals surface area contributed by atoms with E-state index in [1.165, 1.54) is 0 Å². The van der Waals surface area contributed by atoms with Gasteiger partial charge in [0, 0.05) is 0 Å². The summed E-state index contributed by atoms with van der Waals surface area (Å²) in [5, 5.41) is 0. The third-order valence-electron chi connectivity index (χ3n) is 1.43. The lowest BCUT2D eigenvalue weighted by Crippen LogP contribution is -2.31. The van der Waals surface area contributed by atoms with Crippen LogP contribution >= 0.6 is 23.2 Å². The van der Waals surface area contributed by atoms with Crippen LogP contribution < -0.4 is 0 Å². The van der Waals surface area contributed by atoms with E-state index in [1.807, 2.05) is 20.8 Å². The molecule has 0 aromatic heterocycles. The van der Waals surface area contributed by atoms with Crippen LogP contribution in [-0.4, -0.2) is 42.8 Å². The summed E-state index contributed by atoms with van der Waals surface area (Å²) < 4.78 is 15.0. The highest BCUT2D eigenvalue weighted by atomic mass is 35.5. The van der Waals surface area contributed by atoms with E-state index in [0.717, 1.165) is 0 Å². The van der Waals surface area contributed by atoms with E-state index in [2.05, 4.69) is 4.74 Å². The van der Waals surface area contributed by atoms with Crippen LogP contribution in [0.3, 0.4) is 0 Å². The lowest BCUT2D eigenvalue weighted by molar-refractivity contribution is -0.0586. The molecule has 1 atom stereocenters. The summed E-state index contributed by atoms with van der Waals surface area (Å²) in [4.78, 5) is 11.1. The SMILES string of the molecule is CC(C)(C)OCC(CCl)OC(=O)OCCCl. The quantitative estimate of drug-likeness (QED) is 0.551. The van der Waals surface area contributed by atoms with E-state index < -0.39 is 12.3 Å². The van der Waals surface area contributed by atoms with Gasteiger partial charge in [-0.05, 0) is 20.8 Å². The molecule has 6 heteroatoms. The minimum Gasteiger partial charge on any atom is -0.433 e. The van der Waals surface area contributed by atoms with Crippen molar-refractivity contribution in [2.75, 3.05) is 25.0 Å². The normalized spacial score (nSPS) is 13.3. The van der Waals surface area contributed by atoms with E-state index in [1.54, 1.807) is 0 Å². The molecule has 4 nitrogen and oxygen atoms in total. The molecule has 1 unspecified atom stereocenters. The second kappa shape index (κ2) is 7.98. The second-order valence-corrected chi connectivity index (χ2v) is 4.79. The van der Waals surface area contributed by atoms with Crippen LogP contribution in [-0.2, 0) is 14.2 Å². The number of halogens is 2. The van der Waals surface area contributed by atoms with Crippen molar-refractivity contribution < 1.29 is 19.0 Å². The summed E-state index contributed by atoms with van der Waals surface area (Å²) >= 11 is 11.0. The minimum absolute atomic E-state index is 0.121. The van der Waals surface area contributed by atoms with E-state index >= 15 is 0 Å². The third-order valence-corrected chi connectivity index (χ3v) is 1.93. The number of carbonyl (C=O) groups is 1. The molecular formula is C10H18Cl2O4. The van der Waals surface area contributed by atoms with Gasteiger partial charge in [-0.3, -0.25) is 0 Å². The molecular weight excluding hydrogens is 255 g/mol. The van der Waals surface area contributed by atoms with Crippen molar-refractivity contribution in [2.45, 2.75) is 32.5 Å². The van der Waals surface area contributed by atoms with Gasteiger partial charge in [-0.15, -0.1) is 23.2 Å². The summed E-state index contributed by atoms with van der Waals surface area (Å²) in [5.74, 6) is 0.394. The standard InChI is InChI=1S/C10H18Cl2O4/c1-10(2,3)15-7-8(6-12)16-9(13)14-5-4-11/h8H,4-7H2,1-3H3. The summed E-state index contributed by atoms with van der Waals surface area (Å²) in [5.41, 5.74) is -0.298. The van der Waals surface area contributed by atoms with Gasteiger partial charge in [-0.1, -0.05) is 0 Å². The van der Waals surface area contributed by atoms with Crippen molar-refractivity contribution in [3.63, 3.8) is 0 Å². The minimum atomic E-state index is -0.774. The van der Waals surface area contributed by atoms with Crippen molar-refractivity contribution in [1.82, 2.24) is 0 Å². The maximum atomic E-state index is 11.1.